The molecule has 0 unspecified atom stereocenters. The fourth-order valence-electron chi connectivity index (χ4n) is 1.30. The van der Waals surface area contributed by atoms with Gasteiger partial charge in [0.1, 0.15) is 0 Å². The molecule has 0 amide bonds. The quantitative estimate of drug-likeness (QED) is 0.914. The van der Waals surface area contributed by atoms with Crippen LogP contribution < -0.4 is 4.72 Å². The molecule has 0 saturated heterocycles. The van der Waals surface area contributed by atoms with Crippen LogP contribution in [0.4, 0.5) is 18.9 Å². The van der Waals surface area contributed by atoms with Gasteiger partial charge in [0.05, 0.1) is 5.69 Å². The largest absolute Gasteiger partial charge is 0.516 e. The van der Waals surface area contributed by atoms with Crippen molar-refractivity contribution in [1.82, 2.24) is 0 Å². The topological polar surface area (TPSA) is 46.2 Å². The third-order valence-electron chi connectivity index (χ3n) is 2.13. The lowest BCUT2D eigenvalue weighted by Crippen LogP contribution is -2.30. The fourth-order valence-corrected chi connectivity index (χ4v) is 1.89. The number of halogens is 3. The minimum absolute atomic E-state index is 0.0418. The molecule has 0 bridgehead atoms. The lowest BCUT2D eigenvalue weighted by atomic mass is 10.0. The second-order valence-electron chi connectivity index (χ2n) is 3.79. The van der Waals surface area contributed by atoms with Gasteiger partial charge in [0, 0.05) is 0 Å². The van der Waals surface area contributed by atoms with E-state index in [1.54, 1.807) is 30.7 Å². The van der Waals surface area contributed by atoms with Crippen LogP contribution in [0.1, 0.15) is 25.3 Å². The predicted molar refractivity (Wildman–Crippen MR) is 59.1 cm³/mol. The molecule has 0 atom stereocenters. The molecular formula is C10H12F3NO2S. The number of benzene rings is 1. The second kappa shape index (κ2) is 4.56. The standard InChI is InChI=1S/C10H12F3NO2S/c1-7(2)8-5-3-4-6-9(8)14-17(15,16)10(11,12)13/h3-7,14H,1-2H3. The first-order valence-corrected chi connectivity index (χ1v) is 6.31. The molecule has 17 heavy (non-hydrogen) atoms. The molecule has 0 aromatic heterocycles. The van der Waals surface area contributed by atoms with Gasteiger partial charge in [0.15, 0.2) is 0 Å². The van der Waals surface area contributed by atoms with Crippen LogP contribution in [0.5, 0.6) is 0 Å². The van der Waals surface area contributed by atoms with Crippen molar-refractivity contribution in [2.45, 2.75) is 25.3 Å². The molecule has 1 aromatic carbocycles. The lowest BCUT2D eigenvalue weighted by molar-refractivity contribution is -0.0429. The molecule has 0 heterocycles. The molecule has 1 aromatic rings. The average Bonchev–Trinajstić information content (AvgIpc) is 2.15. The van der Waals surface area contributed by atoms with Gasteiger partial charge in [-0.15, -0.1) is 0 Å². The van der Waals surface area contributed by atoms with E-state index in [0.29, 0.717) is 5.56 Å². The smallest absolute Gasteiger partial charge is 0.276 e. The minimum Gasteiger partial charge on any atom is -0.276 e. The van der Waals surface area contributed by atoms with Gasteiger partial charge in [0.25, 0.3) is 0 Å². The van der Waals surface area contributed by atoms with Crippen molar-refractivity contribution >= 4 is 15.7 Å². The van der Waals surface area contributed by atoms with Crippen LogP contribution >= 0.6 is 0 Å². The fraction of sp³-hybridized carbons (Fsp3) is 0.400. The number of hydrogen-bond acceptors (Lipinski definition) is 2. The Labute approximate surface area is 97.7 Å². The Kier molecular flexibility index (Phi) is 3.71. The van der Waals surface area contributed by atoms with Crippen LogP contribution in [0.2, 0.25) is 0 Å². The second-order valence-corrected chi connectivity index (χ2v) is 5.47. The van der Waals surface area contributed by atoms with Crippen molar-refractivity contribution in [3.05, 3.63) is 29.8 Å². The van der Waals surface area contributed by atoms with E-state index >= 15 is 0 Å². The van der Waals surface area contributed by atoms with Gasteiger partial charge < -0.3 is 0 Å². The van der Waals surface area contributed by atoms with Crippen LogP contribution in [-0.4, -0.2) is 13.9 Å². The molecule has 0 spiro atoms. The highest BCUT2D eigenvalue weighted by atomic mass is 32.2. The van der Waals surface area contributed by atoms with Crippen molar-refractivity contribution in [3.63, 3.8) is 0 Å². The number of anilines is 1. The molecule has 0 aliphatic rings. The zero-order valence-corrected chi connectivity index (χ0v) is 10.1. The van der Waals surface area contributed by atoms with E-state index < -0.39 is 15.5 Å². The molecule has 3 nitrogen and oxygen atoms in total. The molecule has 0 aliphatic heterocycles. The van der Waals surface area contributed by atoms with E-state index in [2.05, 4.69) is 0 Å². The maximum atomic E-state index is 12.2. The summed E-state index contributed by atoms with van der Waals surface area (Å²) in [6, 6.07) is 6.00. The van der Waals surface area contributed by atoms with Crippen molar-refractivity contribution in [3.8, 4) is 0 Å². The Morgan fingerprint density at radius 1 is 1.18 bits per heavy atom. The first kappa shape index (κ1) is 13.8. The molecule has 0 saturated carbocycles. The van der Waals surface area contributed by atoms with Crippen LogP contribution in [0.25, 0.3) is 0 Å². The summed E-state index contributed by atoms with van der Waals surface area (Å²) in [7, 11) is -5.36. The van der Waals surface area contributed by atoms with Gasteiger partial charge in [-0.1, -0.05) is 32.0 Å². The average molecular weight is 267 g/mol. The summed E-state index contributed by atoms with van der Waals surface area (Å²) in [4.78, 5) is 0. The van der Waals surface area contributed by atoms with Crippen molar-refractivity contribution < 1.29 is 21.6 Å². The molecule has 0 radical (unpaired) electrons. The van der Waals surface area contributed by atoms with Gasteiger partial charge in [-0.25, -0.2) is 0 Å². The number of sulfonamides is 1. The van der Waals surface area contributed by atoms with Crippen LogP contribution in [0.15, 0.2) is 24.3 Å². The Balaban J connectivity index is 3.13. The van der Waals surface area contributed by atoms with E-state index in [-0.39, 0.29) is 11.6 Å². The molecule has 96 valence electrons. The van der Waals surface area contributed by atoms with E-state index in [1.807, 2.05) is 0 Å². The Hall–Kier alpha value is -1.24. The summed E-state index contributed by atoms with van der Waals surface area (Å²) < 4.78 is 60.1. The Morgan fingerprint density at radius 2 is 1.71 bits per heavy atom. The van der Waals surface area contributed by atoms with E-state index in [1.165, 1.54) is 12.1 Å². The van der Waals surface area contributed by atoms with Crippen LogP contribution in [-0.2, 0) is 10.0 Å². The van der Waals surface area contributed by atoms with E-state index in [9.17, 15) is 21.6 Å². The first-order valence-electron chi connectivity index (χ1n) is 4.83. The normalized spacial score (nSPS) is 12.8. The van der Waals surface area contributed by atoms with Gasteiger partial charge in [-0.3, -0.25) is 4.72 Å². The minimum atomic E-state index is -5.36. The molecule has 0 aliphatic carbocycles. The monoisotopic (exact) mass is 267 g/mol. The molecular weight excluding hydrogens is 255 g/mol. The SMILES string of the molecule is CC(C)c1ccccc1NS(=O)(=O)C(F)(F)F. The van der Waals surface area contributed by atoms with Crippen LogP contribution in [0.3, 0.4) is 0 Å². The van der Waals surface area contributed by atoms with Crippen LogP contribution in [0, 0.1) is 0 Å². The van der Waals surface area contributed by atoms with Crippen molar-refractivity contribution in [2.75, 3.05) is 4.72 Å². The third-order valence-corrected chi connectivity index (χ3v) is 3.23. The first-order chi connectivity index (χ1) is 7.65. The number of alkyl halides is 3. The summed E-state index contributed by atoms with van der Waals surface area (Å²) in [5.41, 5.74) is -4.84. The predicted octanol–water partition coefficient (Wildman–Crippen LogP) is 3.07. The number of para-hydroxylation sites is 1. The molecule has 1 rings (SSSR count). The summed E-state index contributed by atoms with van der Waals surface area (Å²) in [6.07, 6.45) is 0. The van der Waals surface area contributed by atoms with Gasteiger partial charge >= 0.3 is 15.5 Å². The van der Waals surface area contributed by atoms with Crippen molar-refractivity contribution in [1.29, 1.82) is 0 Å². The van der Waals surface area contributed by atoms with E-state index in [0.717, 1.165) is 0 Å². The highest BCUT2D eigenvalue weighted by molar-refractivity contribution is 7.93. The summed E-state index contributed by atoms with van der Waals surface area (Å²) >= 11 is 0. The summed E-state index contributed by atoms with van der Waals surface area (Å²) in [5.74, 6) is -0.0814. The maximum absolute atomic E-state index is 12.2. The number of nitrogens with one attached hydrogen (secondary N) is 1. The van der Waals surface area contributed by atoms with Gasteiger partial charge in [-0.2, -0.15) is 21.6 Å². The molecule has 7 heteroatoms. The number of hydrogen-bond donors (Lipinski definition) is 1. The highest BCUT2D eigenvalue weighted by Gasteiger charge is 2.46. The van der Waals surface area contributed by atoms with Gasteiger partial charge in [0.2, 0.25) is 0 Å². The Morgan fingerprint density at radius 3 is 2.18 bits per heavy atom. The van der Waals surface area contributed by atoms with Crippen molar-refractivity contribution in [2.24, 2.45) is 0 Å². The lowest BCUT2D eigenvalue weighted by Gasteiger charge is -2.15. The number of rotatable bonds is 3. The maximum Gasteiger partial charge on any atom is 0.516 e. The zero-order valence-electron chi connectivity index (χ0n) is 9.25. The third kappa shape index (κ3) is 3.12. The highest BCUT2D eigenvalue weighted by Crippen LogP contribution is 2.29. The Bertz CT molecular complexity index is 495. The van der Waals surface area contributed by atoms with Gasteiger partial charge in [-0.05, 0) is 17.5 Å². The zero-order chi connectivity index (χ0) is 13.3. The van der Waals surface area contributed by atoms with E-state index in [4.69, 9.17) is 0 Å². The summed E-state index contributed by atoms with van der Waals surface area (Å²) in [5, 5.41) is 0. The molecule has 0 fully saturated rings. The summed E-state index contributed by atoms with van der Waals surface area (Å²) in [6.45, 7) is 3.53. The molecule has 1 N–H and O–H groups in total.